The number of nitrogens with zero attached hydrogens (tertiary/aromatic N) is 1. The van der Waals surface area contributed by atoms with Gasteiger partial charge in [-0.25, -0.2) is 4.98 Å². The number of pyridine rings is 1. The number of hydrogen-bond donors (Lipinski definition) is 2. The third-order valence-electron chi connectivity index (χ3n) is 4.17. The highest BCUT2D eigenvalue weighted by Crippen LogP contribution is 2.40. The summed E-state index contributed by atoms with van der Waals surface area (Å²) in [5.41, 5.74) is -1.57. The van der Waals surface area contributed by atoms with Crippen LogP contribution in [0.2, 0.25) is 0 Å². The lowest BCUT2D eigenvalue weighted by Gasteiger charge is -2.40. The Morgan fingerprint density at radius 2 is 1.81 bits per heavy atom. The number of hydrogen-bond acceptors (Lipinski definition) is 3. The topological polar surface area (TPSA) is 45.1 Å². The number of rotatable bonds is 3. The van der Waals surface area contributed by atoms with Gasteiger partial charge >= 0.3 is 6.18 Å². The Morgan fingerprint density at radius 3 is 2.38 bits per heavy atom. The van der Waals surface area contributed by atoms with Gasteiger partial charge < -0.3 is 10.4 Å². The lowest BCUT2D eigenvalue weighted by molar-refractivity contribution is -0.141. The maximum absolute atomic E-state index is 12.6. The van der Waals surface area contributed by atoms with Crippen LogP contribution in [0.5, 0.6) is 0 Å². The fourth-order valence-corrected chi connectivity index (χ4v) is 2.52. The van der Waals surface area contributed by atoms with Crippen molar-refractivity contribution in [3.8, 4) is 0 Å². The summed E-state index contributed by atoms with van der Waals surface area (Å²) in [5.74, 6) is 0.142. The van der Waals surface area contributed by atoms with Crippen LogP contribution in [-0.2, 0) is 6.18 Å². The molecule has 2 rings (SSSR count). The lowest BCUT2D eigenvalue weighted by Crippen LogP contribution is -2.42. The molecule has 0 unspecified atom stereocenters. The van der Waals surface area contributed by atoms with Crippen LogP contribution in [-0.4, -0.2) is 22.2 Å². The molecular formula is C15H21F3N2O. The average molecular weight is 302 g/mol. The Morgan fingerprint density at radius 1 is 1.19 bits per heavy atom. The van der Waals surface area contributed by atoms with Crippen molar-refractivity contribution in [1.82, 2.24) is 4.98 Å². The van der Waals surface area contributed by atoms with E-state index in [1.807, 2.05) is 0 Å². The zero-order chi connectivity index (χ0) is 15.7. The van der Waals surface area contributed by atoms with Gasteiger partial charge in [-0.2, -0.15) is 13.2 Å². The molecule has 0 radical (unpaired) electrons. The number of anilines is 1. The minimum absolute atomic E-state index is 0.142. The summed E-state index contributed by atoms with van der Waals surface area (Å²) in [6.07, 6.45) is -1.36. The average Bonchev–Trinajstić information content (AvgIpc) is 2.40. The SMILES string of the molecule is CC1(C)CCC(O)(CNc2cccc(C(F)(F)F)n2)CC1. The molecule has 118 valence electrons. The van der Waals surface area contributed by atoms with Crippen LogP contribution in [0.3, 0.4) is 0 Å². The van der Waals surface area contributed by atoms with Crippen molar-refractivity contribution in [1.29, 1.82) is 0 Å². The lowest BCUT2D eigenvalue weighted by atomic mass is 9.71. The molecule has 1 aromatic heterocycles. The first-order valence-corrected chi connectivity index (χ1v) is 7.10. The molecule has 0 aliphatic heterocycles. The molecule has 0 bridgehead atoms. The summed E-state index contributed by atoms with van der Waals surface area (Å²) < 4.78 is 37.8. The highest BCUT2D eigenvalue weighted by Gasteiger charge is 2.37. The molecule has 1 aliphatic rings. The van der Waals surface area contributed by atoms with Crippen LogP contribution in [0.4, 0.5) is 19.0 Å². The Balaban J connectivity index is 1.97. The van der Waals surface area contributed by atoms with Gasteiger partial charge in [-0.05, 0) is 43.2 Å². The van der Waals surface area contributed by atoms with E-state index >= 15 is 0 Å². The summed E-state index contributed by atoms with van der Waals surface area (Å²) in [5, 5.41) is 13.3. The van der Waals surface area contributed by atoms with Gasteiger partial charge in [0.1, 0.15) is 11.5 Å². The van der Waals surface area contributed by atoms with Crippen LogP contribution in [0, 0.1) is 5.41 Å². The van der Waals surface area contributed by atoms with E-state index in [1.54, 1.807) is 0 Å². The molecule has 21 heavy (non-hydrogen) atoms. The summed E-state index contributed by atoms with van der Waals surface area (Å²) in [7, 11) is 0. The normalized spacial score (nSPS) is 21.0. The van der Waals surface area contributed by atoms with Crippen molar-refractivity contribution >= 4 is 5.82 Å². The van der Waals surface area contributed by atoms with Crippen molar-refractivity contribution in [2.75, 3.05) is 11.9 Å². The molecule has 1 aromatic rings. The van der Waals surface area contributed by atoms with E-state index in [9.17, 15) is 18.3 Å². The second kappa shape index (κ2) is 5.48. The number of alkyl halides is 3. The molecule has 1 aliphatic carbocycles. The molecule has 0 saturated heterocycles. The van der Waals surface area contributed by atoms with Gasteiger partial charge in [0.25, 0.3) is 0 Å². The van der Waals surface area contributed by atoms with Crippen LogP contribution >= 0.6 is 0 Å². The minimum Gasteiger partial charge on any atom is -0.388 e. The number of halogens is 3. The van der Waals surface area contributed by atoms with Crippen molar-refractivity contribution in [3.63, 3.8) is 0 Å². The van der Waals surface area contributed by atoms with Crippen molar-refractivity contribution in [2.24, 2.45) is 5.41 Å². The third-order valence-corrected chi connectivity index (χ3v) is 4.17. The van der Waals surface area contributed by atoms with Crippen LogP contribution in [0.25, 0.3) is 0 Å². The van der Waals surface area contributed by atoms with Gasteiger partial charge in [0.15, 0.2) is 0 Å². The Labute approximate surface area is 122 Å². The molecule has 6 heteroatoms. The van der Waals surface area contributed by atoms with Crippen molar-refractivity contribution in [3.05, 3.63) is 23.9 Å². The number of nitrogens with one attached hydrogen (secondary N) is 1. The van der Waals surface area contributed by atoms with Crippen molar-refractivity contribution < 1.29 is 18.3 Å². The van der Waals surface area contributed by atoms with Crippen LogP contribution < -0.4 is 5.32 Å². The quantitative estimate of drug-likeness (QED) is 0.891. The molecule has 0 aromatic carbocycles. The van der Waals surface area contributed by atoms with Gasteiger partial charge in [-0.15, -0.1) is 0 Å². The Bertz CT molecular complexity index is 490. The Kier molecular flexibility index (Phi) is 4.19. The Hall–Kier alpha value is -1.30. The minimum atomic E-state index is -4.45. The van der Waals surface area contributed by atoms with E-state index in [0.29, 0.717) is 12.8 Å². The van der Waals surface area contributed by atoms with Crippen molar-refractivity contribution in [2.45, 2.75) is 51.3 Å². The van der Waals surface area contributed by atoms with E-state index in [1.165, 1.54) is 12.1 Å². The summed E-state index contributed by atoms with van der Waals surface area (Å²) >= 11 is 0. The van der Waals surface area contributed by atoms with E-state index in [2.05, 4.69) is 24.1 Å². The summed E-state index contributed by atoms with van der Waals surface area (Å²) in [6.45, 7) is 4.54. The smallest absolute Gasteiger partial charge is 0.388 e. The third kappa shape index (κ3) is 4.33. The van der Waals surface area contributed by atoms with Gasteiger partial charge in [-0.1, -0.05) is 19.9 Å². The maximum atomic E-state index is 12.6. The second-order valence-electron chi connectivity index (χ2n) is 6.65. The van der Waals surface area contributed by atoms with Gasteiger partial charge in [0, 0.05) is 6.54 Å². The van der Waals surface area contributed by atoms with E-state index in [0.717, 1.165) is 18.9 Å². The van der Waals surface area contributed by atoms with Gasteiger partial charge in [0.05, 0.1) is 5.60 Å². The van der Waals surface area contributed by atoms with Crippen LogP contribution in [0.15, 0.2) is 18.2 Å². The fraction of sp³-hybridized carbons (Fsp3) is 0.667. The largest absolute Gasteiger partial charge is 0.433 e. The monoisotopic (exact) mass is 302 g/mol. The molecule has 0 amide bonds. The zero-order valence-electron chi connectivity index (χ0n) is 12.3. The molecule has 1 fully saturated rings. The highest BCUT2D eigenvalue weighted by molar-refractivity contribution is 5.36. The second-order valence-corrected chi connectivity index (χ2v) is 6.65. The standard InChI is InChI=1S/C15H21F3N2O/c1-13(2)6-8-14(21,9-7-13)10-19-12-5-3-4-11(20-12)15(16,17)18/h3-5,21H,6-10H2,1-2H3,(H,19,20). The van der Waals surface area contributed by atoms with Gasteiger partial charge in [-0.3, -0.25) is 0 Å². The molecule has 1 heterocycles. The van der Waals surface area contributed by atoms with E-state index in [-0.39, 0.29) is 17.8 Å². The molecule has 0 atom stereocenters. The zero-order valence-corrected chi connectivity index (χ0v) is 12.3. The first kappa shape index (κ1) is 16.1. The van der Waals surface area contributed by atoms with E-state index < -0.39 is 17.5 Å². The summed E-state index contributed by atoms with van der Waals surface area (Å²) in [6, 6.07) is 3.72. The molecule has 1 saturated carbocycles. The molecule has 0 spiro atoms. The molecular weight excluding hydrogens is 281 g/mol. The predicted molar refractivity (Wildman–Crippen MR) is 74.9 cm³/mol. The van der Waals surface area contributed by atoms with Gasteiger partial charge in [0.2, 0.25) is 0 Å². The molecule has 2 N–H and O–H groups in total. The maximum Gasteiger partial charge on any atom is 0.433 e. The van der Waals surface area contributed by atoms with Crippen LogP contribution in [0.1, 0.15) is 45.2 Å². The number of aliphatic hydroxyl groups is 1. The number of aromatic nitrogens is 1. The first-order chi connectivity index (χ1) is 9.60. The first-order valence-electron chi connectivity index (χ1n) is 7.10. The predicted octanol–water partition coefficient (Wildman–Crippen LogP) is 3.84. The summed E-state index contributed by atoms with van der Waals surface area (Å²) in [4.78, 5) is 3.54. The van der Waals surface area contributed by atoms with E-state index in [4.69, 9.17) is 0 Å². The molecule has 3 nitrogen and oxygen atoms in total. The highest BCUT2D eigenvalue weighted by atomic mass is 19.4. The fourth-order valence-electron chi connectivity index (χ4n) is 2.52.